The van der Waals surface area contributed by atoms with Gasteiger partial charge in [-0.15, -0.1) is 0 Å². The van der Waals surface area contributed by atoms with Gasteiger partial charge in [-0.05, 0) is 43.5 Å². The Hall–Kier alpha value is -3.28. The molecule has 0 unspecified atom stereocenters. The topological polar surface area (TPSA) is 123 Å². The fourth-order valence-corrected chi connectivity index (χ4v) is 5.23. The normalized spacial score (nSPS) is 15.4. The minimum Gasteiger partial charge on any atom is -0.469 e. The summed E-state index contributed by atoms with van der Waals surface area (Å²) in [5.41, 5.74) is 8.94. The van der Waals surface area contributed by atoms with E-state index in [9.17, 15) is 9.59 Å². The van der Waals surface area contributed by atoms with E-state index in [1.165, 1.54) is 7.11 Å². The lowest BCUT2D eigenvalue weighted by atomic mass is 10.1. The number of rotatable bonds is 16. The maximum atomic E-state index is 12.9. The predicted molar refractivity (Wildman–Crippen MR) is 157 cm³/mol. The molecule has 11 nitrogen and oxygen atoms in total. The van der Waals surface area contributed by atoms with Crippen LogP contribution in [0.4, 0.5) is 11.6 Å². The fourth-order valence-electron chi connectivity index (χ4n) is 5.23. The van der Waals surface area contributed by atoms with Crippen LogP contribution < -0.4 is 15.4 Å². The van der Waals surface area contributed by atoms with E-state index in [1.54, 1.807) is 4.90 Å². The second kappa shape index (κ2) is 15.6. The van der Waals surface area contributed by atoms with Crippen LogP contribution in [-0.4, -0.2) is 97.8 Å². The summed E-state index contributed by atoms with van der Waals surface area (Å²) in [6.07, 6.45) is 4.19. The van der Waals surface area contributed by atoms with Crippen LogP contribution in [0, 0.1) is 0 Å². The Morgan fingerprint density at radius 2 is 1.85 bits per heavy atom. The summed E-state index contributed by atoms with van der Waals surface area (Å²) in [7, 11) is 1.41. The highest BCUT2D eigenvalue weighted by atomic mass is 16.5. The first-order valence-electron chi connectivity index (χ1n) is 14.7. The number of benzene rings is 1. The van der Waals surface area contributed by atoms with E-state index >= 15 is 0 Å². The molecule has 0 spiro atoms. The van der Waals surface area contributed by atoms with Gasteiger partial charge in [0, 0.05) is 38.3 Å². The number of aromatic nitrogens is 2. The van der Waals surface area contributed by atoms with Crippen molar-refractivity contribution < 1.29 is 23.8 Å². The van der Waals surface area contributed by atoms with E-state index in [2.05, 4.69) is 38.8 Å². The van der Waals surface area contributed by atoms with Crippen molar-refractivity contribution in [3.8, 4) is 6.01 Å². The molecular weight excluding hydrogens is 524 g/mol. The van der Waals surface area contributed by atoms with Gasteiger partial charge in [-0.25, -0.2) is 0 Å². The molecule has 0 saturated carbocycles. The number of nitrogens with zero attached hydrogens (tertiary/aromatic N) is 5. The van der Waals surface area contributed by atoms with Gasteiger partial charge in [0.2, 0.25) is 5.91 Å². The zero-order chi connectivity index (χ0) is 29.0. The molecule has 1 fully saturated rings. The molecule has 0 bridgehead atoms. The maximum Gasteiger partial charge on any atom is 0.320 e. The predicted octanol–water partition coefficient (Wildman–Crippen LogP) is 2.46. The van der Waals surface area contributed by atoms with Crippen molar-refractivity contribution in [2.45, 2.75) is 52.0 Å². The van der Waals surface area contributed by atoms with Crippen LogP contribution in [0.5, 0.6) is 6.01 Å². The zero-order valence-corrected chi connectivity index (χ0v) is 24.5. The highest BCUT2D eigenvalue weighted by Crippen LogP contribution is 2.32. The van der Waals surface area contributed by atoms with E-state index < -0.39 is 0 Å². The fraction of sp³-hybridized carbons (Fsp3) is 0.600. The van der Waals surface area contributed by atoms with E-state index in [0.717, 1.165) is 89.3 Å². The second-order valence-corrected chi connectivity index (χ2v) is 10.6. The Labute approximate surface area is 242 Å². The molecule has 1 saturated heterocycles. The number of methoxy groups -OCH3 is 1. The Kier molecular flexibility index (Phi) is 11.7. The van der Waals surface area contributed by atoms with E-state index in [-0.39, 0.29) is 30.7 Å². The highest BCUT2D eigenvalue weighted by molar-refractivity contribution is 6.01. The molecule has 2 N–H and O–H groups in total. The number of fused-ring (bicyclic) bond motifs is 1. The number of morpholine rings is 1. The van der Waals surface area contributed by atoms with Crippen LogP contribution in [0.3, 0.4) is 0 Å². The van der Waals surface area contributed by atoms with E-state index in [1.807, 2.05) is 12.1 Å². The quantitative estimate of drug-likeness (QED) is 0.239. The third-order valence-corrected chi connectivity index (χ3v) is 7.49. The second-order valence-electron chi connectivity index (χ2n) is 10.6. The molecule has 1 aromatic carbocycles. The third-order valence-electron chi connectivity index (χ3n) is 7.49. The molecule has 0 aliphatic carbocycles. The first-order chi connectivity index (χ1) is 20.0. The average Bonchev–Trinajstić information content (AvgIpc) is 3.29. The molecule has 224 valence electrons. The van der Waals surface area contributed by atoms with Gasteiger partial charge in [0.25, 0.3) is 0 Å². The van der Waals surface area contributed by atoms with Crippen molar-refractivity contribution in [1.82, 2.24) is 19.8 Å². The van der Waals surface area contributed by atoms with Gasteiger partial charge >= 0.3 is 12.0 Å². The third kappa shape index (κ3) is 9.11. The Bertz CT molecular complexity index is 1160. The number of carbonyl (C=O) groups excluding carboxylic acids is 2. The largest absolute Gasteiger partial charge is 0.469 e. The summed E-state index contributed by atoms with van der Waals surface area (Å²) < 4.78 is 16.0. The Balaban J connectivity index is 1.39. The average molecular weight is 569 g/mol. The van der Waals surface area contributed by atoms with Crippen LogP contribution in [0.15, 0.2) is 24.3 Å². The van der Waals surface area contributed by atoms with Gasteiger partial charge in [0.15, 0.2) is 0 Å². The van der Waals surface area contributed by atoms with Gasteiger partial charge in [0.1, 0.15) is 11.6 Å². The van der Waals surface area contributed by atoms with Crippen molar-refractivity contribution >= 4 is 23.5 Å². The molecule has 3 heterocycles. The van der Waals surface area contributed by atoms with Crippen LogP contribution in [0.2, 0.25) is 0 Å². The van der Waals surface area contributed by atoms with Gasteiger partial charge < -0.3 is 19.9 Å². The van der Waals surface area contributed by atoms with Gasteiger partial charge in [-0.3, -0.25) is 24.3 Å². The van der Waals surface area contributed by atoms with Crippen molar-refractivity contribution in [2.75, 3.05) is 76.8 Å². The molecular formula is C30H44N6O5. The number of unbranched alkanes of at least 4 members (excludes halogenated alkanes) is 1. The summed E-state index contributed by atoms with van der Waals surface area (Å²) in [6.45, 7) is 10.2. The van der Waals surface area contributed by atoms with Crippen molar-refractivity contribution in [1.29, 1.82) is 0 Å². The van der Waals surface area contributed by atoms with Crippen molar-refractivity contribution in [3.05, 3.63) is 41.0 Å². The van der Waals surface area contributed by atoms with Crippen molar-refractivity contribution in [2.24, 2.45) is 0 Å². The molecule has 2 aromatic rings. The number of ether oxygens (including phenoxy) is 3. The Morgan fingerprint density at radius 3 is 2.61 bits per heavy atom. The first-order valence-corrected chi connectivity index (χ1v) is 14.7. The summed E-state index contributed by atoms with van der Waals surface area (Å²) in [6, 6.07) is 8.34. The maximum absolute atomic E-state index is 12.9. The summed E-state index contributed by atoms with van der Waals surface area (Å²) in [4.78, 5) is 40.1. The monoisotopic (exact) mass is 568 g/mol. The summed E-state index contributed by atoms with van der Waals surface area (Å²) in [5, 5.41) is 0. The smallest absolute Gasteiger partial charge is 0.320 e. The first kappa shape index (κ1) is 30.7. The number of carbonyl (C=O) groups is 2. The molecule has 4 rings (SSSR count). The lowest BCUT2D eigenvalue weighted by Gasteiger charge is -2.29. The van der Waals surface area contributed by atoms with Crippen LogP contribution in [-0.2, 0) is 38.4 Å². The Morgan fingerprint density at radius 1 is 1.10 bits per heavy atom. The molecule has 2 aliphatic heterocycles. The van der Waals surface area contributed by atoms with Gasteiger partial charge in [-0.2, -0.15) is 9.97 Å². The van der Waals surface area contributed by atoms with E-state index in [4.69, 9.17) is 19.9 Å². The minimum atomic E-state index is -0.247. The number of nitrogen functional groups attached to an aromatic ring is 1. The number of esters is 1. The van der Waals surface area contributed by atoms with Gasteiger partial charge in [-0.1, -0.05) is 37.6 Å². The van der Waals surface area contributed by atoms with Crippen LogP contribution in [0.25, 0.3) is 0 Å². The number of nitrogens with two attached hydrogens (primary N) is 1. The highest BCUT2D eigenvalue weighted by Gasteiger charge is 2.32. The lowest BCUT2D eigenvalue weighted by Crippen LogP contribution is -2.38. The summed E-state index contributed by atoms with van der Waals surface area (Å²) in [5.74, 6) is 0.627. The standard InChI is InChI=1S/C30H44N6O5/c1-3-4-16-41-30-32-28(31)25-21-26(37)36(29(25)33-30)13-7-12-35(11-6-10-34-14-17-40-18-15-34)22-24-9-5-8-23(19-24)20-27(38)39-2/h5,8-9,19H,3-4,6-7,10-18,20-22H2,1-2H3,(H2,31,32,33). The molecule has 2 aliphatic rings. The SMILES string of the molecule is CCCCOc1nc(N)c2c(n1)N(CCCN(CCCN1CCOCC1)Cc1cccc(CC(=O)OC)c1)C(=O)C2. The summed E-state index contributed by atoms with van der Waals surface area (Å²) >= 11 is 0. The number of hydrogen-bond donors (Lipinski definition) is 1. The minimum absolute atomic E-state index is 0.0129. The lowest BCUT2D eigenvalue weighted by molar-refractivity contribution is -0.139. The molecule has 1 amide bonds. The number of amides is 1. The van der Waals surface area contributed by atoms with Crippen LogP contribution in [0.1, 0.15) is 49.3 Å². The number of anilines is 2. The molecule has 0 atom stereocenters. The number of hydrogen-bond acceptors (Lipinski definition) is 10. The zero-order valence-electron chi connectivity index (χ0n) is 24.5. The van der Waals surface area contributed by atoms with E-state index in [0.29, 0.717) is 30.4 Å². The van der Waals surface area contributed by atoms with Crippen molar-refractivity contribution in [3.63, 3.8) is 0 Å². The molecule has 1 aromatic heterocycles. The molecule has 11 heteroatoms. The molecule has 0 radical (unpaired) electrons. The molecule has 41 heavy (non-hydrogen) atoms. The van der Waals surface area contributed by atoms with Crippen LogP contribution >= 0.6 is 0 Å². The van der Waals surface area contributed by atoms with Gasteiger partial charge in [0.05, 0.1) is 39.8 Å².